The molecule has 106 valence electrons. The molecule has 0 aromatic carbocycles. The Kier molecular flexibility index (Phi) is 7.28. The lowest BCUT2D eigenvalue weighted by atomic mass is 10.2. The van der Waals surface area contributed by atoms with Gasteiger partial charge < -0.3 is 15.5 Å². The lowest BCUT2D eigenvalue weighted by molar-refractivity contribution is -0.121. The number of hydrogen-bond donors (Lipinski definition) is 2. The molecule has 1 aliphatic heterocycles. The van der Waals surface area contributed by atoms with Crippen LogP contribution < -0.4 is 10.6 Å². The van der Waals surface area contributed by atoms with Gasteiger partial charge >= 0.3 is 0 Å². The molecule has 0 aliphatic carbocycles. The fraction of sp³-hybridized carbons (Fsp3) is 0.929. The van der Waals surface area contributed by atoms with Gasteiger partial charge in [-0.05, 0) is 46.2 Å². The lowest BCUT2D eigenvalue weighted by Crippen LogP contribution is -2.44. The van der Waals surface area contributed by atoms with Crippen LogP contribution in [0.3, 0.4) is 0 Å². The lowest BCUT2D eigenvalue weighted by Gasteiger charge is -2.21. The second-order valence-electron chi connectivity index (χ2n) is 5.55. The molecule has 4 heteroatoms. The first-order valence-electron chi connectivity index (χ1n) is 7.37. The number of carbonyl (C=O) groups excluding carboxylic acids is 1. The van der Waals surface area contributed by atoms with Crippen molar-refractivity contribution in [1.29, 1.82) is 0 Å². The Morgan fingerprint density at radius 2 is 1.89 bits per heavy atom. The normalized spacial score (nSPS) is 19.7. The van der Waals surface area contributed by atoms with Crippen molar-refractivity contribution in [1.82, 2.24) is 15.5 Å². The number of rotatable bonds is 8. The third-order valence-corrected chi connectivity index (χ3v) is 3.47. The SMILES string of the molecule is CCCC(C)NC(=O)CNC(C)CN1CCCC1. The van der Waals surface area contributed by atoms with E-state index >= 15 is 0 Å². The summed E-state index contributed by atoms with van der Waals surface area (Å²) in [5.74, 6) is 0.115. The topological polar surface area (TPSA) is 44.4 Å². The van der Waals surface area contributed by atoms with Gasteiger partial charge in [-0.1, -0.05) is 13.3 Å². The Labute approximate surface area is 111 Å². The Hall–Kier alpha value is -0.610. The highest BCUT2D eigenvalue weighted by molar-refractivity contribution is 5.78. The predicted octanol–water partition coefficient (Wildman–Crippen LogP) is 1.37. The van der Waals surface area contributed by atoms with Gasteiger partial charge in [-0.2, -0.15) is 0 Å². The maximum absolute atomic E-state index is 11.7. The average molecular weight is 255 g/mol. The zero-order valence-corrected chi connectivity index (χ0v) is 12.2. The van der Waals surface area contributed by atoms with Crippen LogP contribution in [0.1, 0.15) is 46.5 Å². The van der Waals surface area contributed by atoms with Gasteiger partial charge in [0.25, 0.3) is 0 Å². The van der Waals surface area contributed by atoms with Gasteiger partial charge in [0, 0.05) is 18.6 Å². The van der Waals surface area contributed by atoms with E-state index in [9.17, 15) is 4.79 Å². The van der Waals surface area contributed by atoms with E-state index in [1.54, 1.807) is 0 Å². The Morgan fingerprint density at radius 3 is 2.50 bits per heavy atom. The maximum Gasteiger partial charge on any atom is 0.234 e. The fourth-order valence-corrected chi connectivity index (χ4v) is 2.52. The number of nitrogens with one attached hydrogen (secondary N) is 2. The standard InChI is InChI=1S/C14H29N3O/c1-4-7-12(2)16-14(18)10-15-13(3)11-17-8-5-6-9-17/h12-13,15H,4-11H2,1-3H3,(H,16,18). The van der Waals surface area contributed by atoms with E-state index in [4.69, 9.17) is 0 Å². The molecule has 0 radical (unpaired) electrons. The van der Waals surface area contributed by atoms with Crippen molar-refractivity contribution in [3.63, 3.8) is 0 Å². The van der Waals surface area contributed by atoms with Crippen molar-refractivity contribution in [2.45, 2.75) is 58.5 Å². The van der Waals surface area contributed by atoms with E-state index in [0.29, 0.717) is 12.6 Å². The molecule has 4 nitrogen and oxygen atoms in total. The molecule has 1 fully saturated rings. The number of nitrogens with zero attached hydrogens (tertiary/aromatic N) is 1. The summed E-state index contributed by atoms with van der Waals surface area (Å²) < 4.78 is 0. The zero-order valence-electron chi connectivity index (χ0n) is 12.2. The van der Waals surface area contributed by atoms with E-state index in [0.717, 1.165) is 19.4 Å². The van der Waals surface area contributed by atoms with Gasteiger partial charge in [-0.25, -0.2) is 0 Å². The number of amides is 1. The Balaban J connectivity index is 2.09. The van der Waals surface area contributed by atoms with Crippen molar-refractivity contribution in [3.05, 3.63) is 0 Å². The van der Waals surface area contributed by atoms with Crippen molar-refractivity contribution in [2.24, 2.45) is 0 Å². The monoisotopic (exact) mass is 255 g/mol. The van der Waals surface area contributed by atoms with Crippen LogP contribution in [0.4, 0.5) is 0 Å². The minimum absolute atomic E-state index is 0.115. The number of hydrogen-bond acceptors (Lipinski definition) is 3. The first-order chi connectivity index (χ1) is 8.61. The summed E-state index contributed by atoms with van der Waals surface area (Å²) in [6.45, 7) is 10.3. The summed E-state index contributed by atoms with van der Waals surface area (Å²) in [5, 5.41) is 6.32. The number of carbonyl (C=O) groups is 1. The van der Waals surface area contributed by atoms with Gasteiger partial charge in [-0.3, -0.25) is 4.79 Å². The third-order valence-electron chi connectivity index (χ3n) is 3.47. The molecule has 2 N–H and O–H groups in total. The van der Waals surface area contributed by atoms with Crippen molar-refractivity contribution < 1.29 is 4.79 Å². The summed E-state index contributed by atoms with van der Waals surface area (Å²) in [5.41, 5.74) is 0. The molecule has 1 saturated heterocycles. The zero-order chi connectivity index (χ0) is 13.4. The molecular weight excluding hydrogens is 226 g/mol. The molecule has 0 spiro atoms. The molecule has 1 heterocycles. The Morgan fingerprint density at radius 1 is 1.22 bits per heavy atom. The van der Waals surface area contributed by atoms with Crippen LogP contribution in [0.2, 0.25) is 0 Å². The molecule has 2 unspecified atom stereocenters. The third kappa shape index (κ3) is 6.36. The smallest absolute Gasteiger partial charge is 0.234 e. The molecule has 1 amide bonds. The second-order valence-corrected chi connectivity index (χ2v) is 5.55. The van der Waals surface area contributed by atoms with Crippen LogP contribution in [-0.2, 0) is 4.79 Å². The van der Waals surface area contributed by atoms with Crippen LogP contribution in [0.5, 0.6) is 0 Å². The highest BCUT2D eigenvalue weighted by Crippen LogP contribution is 2.07. The van der Waals surface area contributed by atoms with E-state index in [1.165, 1.54) is 25.9 Å². The molecule has 18 heavy (non-hydrogen) atoms. The van der Waals surface area contributed by atoms with Crippen molar-refractivity contribution >= 4 is 5.91 Å². The van der Waals surface area contributed by atoms with Crippen LogP contribution in [0.25, 0.3) is 0 Å². The first-order valence-corrected chi connectivity index (χ1v) is 7.37. The van der Waals surface area contributed by atoms with Crippen LogP contribution in [0.15, 0.2) is 0 Å². The van der Waals surface area contributed by atoms with E-state index in [2.05, 4.69) is 36.3 Å². The summed E-state index contributed by atoms with van der Waals surface area (Å²) in [7, 11) is 0. The van der Waals surface area contributed by atoms with E-state index in [-0.39, 0.29) is 11.9 Å². The largest absolute Gasteiger partial charge is 0.353 e. The molecule has 0 aromatic heterocycles. The summed E-state index contributed by atoms with van der Waals surface area (Å²) in [6, 6.07) is 0.675. The van der Waals surface area contributed by atoms with Crippen molar-refractivity contribution in [2.75, 3.05) is 26.2 Å². The molecule has 0 bridgehead atoms. The fourth-order valence-electron chi connectivity index (χ4n) is 2.52. The maximum atomic E-state index is 11.7. The minimum atomic E-state index is 0.115. The summed E-state index contributed by atoms with van der Waals surface area (Å²) >= 11 is 0. The highest BCUT2D eigenvalue weighted by Gasteiger charge is 2.15. The van der Waals surface area contributed by atoms with Crippen LogP contribution >= 0.6 is 0 Å². The first kappa shape index (κ1) is 15.4. The molecule has 1 aliphatic rings. The number of likely N-dealkylation sites (tertiary alicyclic amines) is 1. The van der Waals surface area contributed by atoms with Crippen LogP contribution in [0, 0.1) is 0 Å². The summed E-state index contributed by atoms with van der Waals surface area (Å²) in [4.78, 5) is 14.2. The average Bonchev–Trinajstić information content (AvgIpc) is 2.79. The molecule has 0 aromatic rings. The molecular formula is C14H29N3O. The van der Waals surface area contributed by atoms with Crippen LogP contribution in [-0.4, -0.2) is 49.1 Å². The second kappa shape index (κ2) is 8.48. The van der Waals surface area contributed by atoms with Crippen molar-refractivity contribution in [3.8, 4) is 0 Å². The minimum Gasteiger partial charge on any atom is -0.353 e. The summed E-state index contributed by atoms with van der Waals surface area (Å²) in [6.07, 6.45) is 4.80. The van der Waals surface area contributed by atoms with Gasteiger partial charge in [-0.15, -0.1) is 0 Å². The molecule has 0 saturated carbocycles. The quantitative estimate of drug-likeness (QED) is 0.688. The van der Waals surface area contributed by atoms with Gasteiger partial charge in [0.05, 0.1) is 6.54 Å². The molecule has 2 atom stereocenters. The van der Waals surface area contributed by atoms with Gasteiger partial charge in [0.1, 0.15) is 0 Å². The molecule has 1 rings (SSSR count). The van der Waals surface area contributed by atoms with Gasteiger partial charge in [0.15, 0.2) is 0 Å². The predicted molar refractivity (Wildman–Crippen MR) is 75.7 cm³/mol. The van der Waals surface area contributed by atoms with E-state index < -0.39 is 0 Å². The Bertz CT molecular complexity index is 239. The highest BCUT2D eigenvalue weighted by atomic mass is 16.1. The van der Waals surface area contributed by atoms with Gasteiger partial charge in [0.2, 0.25) is 5.91 Å². The van der Waals surface area contributed by atoms with E-state index in [1.807, 2.05) is 0 Å².